The van der Waals surface area contributed by atoms with E-state index in [1.807, 2.05) is 41.9 Å². The second-order valence-corrected chi connectivity index (χ2v) is 7.75. The van der Waals surface area contributed by atoms with E-state index in [-0.39, 0.29) is 0 Å². The highest BCUT2D eigenvalue weighted by molar-refractivity contribution is 6.33. The minimum Gasteiger partial charge on any atom is -0.368 e. The van der Waals surface area contributed by atoms with Gasteiger partial charge in [-0.1, -0.05) is 48.0 Å². The average molecular weight is 404 g/mol. The number of halogens is 1. The molecular formula is C23H22ClN5. The van der Waals surface area contributed by atoms with Gasteiger partial charge in [0.1, 0.15) is 5.82 Å². The van der Waals surface area contributed by atoms with E-state index in [1.165, 1.54) is 5.69 Å². The van der Waals surface area contributed by atoms with Crippen molar-refractivity contribution in [3.05, 3.63) is 77.6 Å². The van der Waals surface area contributed by atoms with Gasteiger partial charge in [-0.2, -0.15) is 9.61 Å². The van der Waals surface area contributed by atoms with E-state index in [9.17, 15) is 0 Å². The molecule has 0 amide bonds. The van der Waals surface area contributed by atoms with Crippen LogP contribution in [0.2, 0.25) is 5.02 Å². The average Bonchev–Trinajstić information content (AvgIpc) is 3.18. The fourth-order valence-electron chi connectivity index (χ4n) is 3.99. The number of aromatic nitrogens is 3. The van der Waals surface area contributed by atoms with Crippen molar-refractivity contribution in [1.29, 1.82) is 0 Å². The molecule has 0 radical (unpaired) electrons. The number of anilines is 2. The Balaban J connectivity index is 1.48. The summed E-state index contributed by atoms with van der Waals surface area (Å²) in [6, 6.07) is 20.6. The Hall–Kier alpha value is -3.05. The van der Waals surface area contributed by atoms with Gasteiger partial charge < -0.3 is 9.80 Å². The van der Waals surface area contributed by atoms with Crippen LogP contribution in [0, 0.1) is 6.92 Å². The Morgan fingerprint density at radius 3 is 2.28 bits per heavy atom. The summed E-state index contributed by atoms with van der Waals surface area (Å²) < 4.78 is 1.95. The summed E-state index contributed by atoms with van der Waals surface area (Å²) in [7, 11) is 0. The number of benzene rings is 2. The third-order valence-electron chi connectivity index (χ3n) is 5.47. The summed E-state index contributed by atoms with van der Waals surface area (Å²) in [5.74, 6) is 1.08. The van der Waals surface area contributed by atoms with Gasteiger partial charge in [0.25, 0.3) is 0 Å². The molecule has 3 heterocycles. The lowest BCUT2D eigenvalue weighted by Gasteiger charge is -2.37. The van der Waals surface area contributed by atoms with Gasteiger partial charge in [0.05, 0.1) is 6.20 Å². The first kappa shape index (κ1) is 18.0. The molecule has 0 saturated carbocycles. The maximum atomic E-state index is 6.44. The van der Waals surface area contributed by atoms with Gasteiger partial charge in [-0.25, -0.2) is 4.98 Å². The molecule has 29 heavy (non-hydrogen) atoms. The molecule has 0 unspecified atom stereocenters. The van der Waals surface area contributed by atoms with E-state index in [0.29, 0.717) is 5.02 Å². The molecule has 0 atom stereocenters. The van der Waals surface area contributed by atoms with Gasteiger partial charge in [-0.15, -0.1) is 0 Å². The largest absolute Gasteiger partial charge is 0.368 e. The molecule has 5 nitrogen and oxygen atoms in total. The van der Waals surface area contributed by atoms with Crippen LogP contribution >= 0.6 is 11.6 Å². The molecule has 5 rings (SSSR count). The summed E-state index contributed by atoms with van der Waals surface area (Å²) >= 11 is 6.44. The number of aryl methyl sites for hydroxylation is 1. The minimum atomic E-state index is 0.712. The van der Waals surface area contributed by atoms with Crippen molar-refractivity contribution >= 4 is 28.8 Å². The minimum absolute atomic E-state index is 0.712. The third kappa shape index (κ3) is 3.32. The van der Waals surface area contributed by atoms with Crippen LogP contribution < -0.4 is 9.80 Å². The van der Waals surface area contributed by atoms with E-state index in [2.05, 4.69) is 51.3 Å². The van der Waals surface area contributed by atoms with Crippen molar-refractivity contribution in [3.8, 4) is 11.1 Å². The summed E-state index contributed by atoms with van der Waals surface area (Å²) in [6.45, 7) is 5.87. The molecule has 0 N–H and O–H groups in total. The van der Waals surface area contributed by atoms with Crippen molar-refractivity contribution in [1.82, 2.24) is 14.6 Å². The zero-order chi connectivity index (χ0) is 19.8. The standard InChI is InChI=1S/C23H22ClN5/c1-17-15-22(28-13-11-27(12-14-28)18-7-3-2-4-8-18)29-23(26-17)20(16-25-29)19-9-5-6-10-21(19)24/h2-10,15-16H,11-14H2,1H3. The van der Waals surface area contributed by atoms with Crippen LogP contribution in [0.15, 0.2) is 66.9 Å². The molecule has 2 aromatic heterocycles. The third-order valence-corrected chi connectivity index (χ3v) is 5.80. The molecule has 1 aliphatic heterocycles. The van der Waals surface area contributed by atoms with Crippen LogP contribution in [0.1, 0.15) is 5.69 Å². The molecule has 0 spiro atoms. The van der Waals surface area contributed by atoms with Crippen molar-refractivity contribution in [2.45, 2.75) is 6.92 Å². The first-order chi connectivity index (χ1) is 14.2. The molecule has 1 saturated heterocycles. The predicted octanol–water partition coefficient (Wildman–Crippen LogP) is 4.68. The first-order valence-corrected chi connectivity index (χ1v) is 10.2. The summed E-state index contributed by atoms with van der Waals surface area (Å²) in [4.78, 5) is 9.60. The summed E-state index contributed by atoms with van der Waals surface area (Å²) in [5, 5.41) is 5.38. The van der Waals surface area contributed by atoms with Gasteiger partial charge in [-0.3, -0.25) is 0 Å². The van der Waals surface area contributed by atoms with Crippen LogP contribution in [0.4, 0.5) is 11.5 Å². The maximum Gasteiger partial charge on any atom is 0.165 e. The lowest BCUT2D eigenvalue weighted by atomic mass is 10.1. The SMILES string of the molecule is Cc1cc(N2CCN(c3ccccc3)CC2)n2ncc(-c3ccccc3Cl)c2n1. The second kappa shape index (κ2) is 7.41. The van der Waals surface area contributed by atoms with Crippen molar-refractivity contribution in [3.63, 3.8) is 0 Å². The van der Waals surface area contributed by atoms with Gasteiger partial charge in [-0.05, 0) is 25.1 Å². The Labute approximate surface area is 175 Å². The van der Waals surface area contributed by atoms with Gasteiger partial charge in [0.2, 0.25) is 0 Å². The first-order valence-electron chi connectivity index (χ1n) is 9.86. The number of rotatable bonds is 3. The molecule has 2 aromatic carbocycles. The van der Waals surface area contributed by atoms with Crippen molar-refractivity contribution in [2.75, 3.05) is 36.0 Å². The van der Waals surface area contributed by atoms with E-state index in [0.717, 1.165) is 54.5 Å². The Bertz CT molecular complexity index is 1150. The lowest BCUT2D eigenvalue weighted by Crippen LogP contribution is -2.47. The molecule has 0 bridgehead atoms. The number of hydrogen-bond acceptors (Lipinski definition) is 4. The topological polar surface area (TPSA) is 36.7 Å². The van der Waals surface area contributed by atoms with Crippen LogP contribution in [-0.4, -0.2) is 40.8 Å². The van der Waals surface area contributed by atoms with Crippen molar-refractivity contribution < 1.29 is 0 Å². The smallest absolute Gasteiger partial charge is 0.165 e. The highest BCUT2D eigenvalue weighted by Crippen LogP contribution is 2.32. The molecule has 4 aromatic rings. The Morgan fingerprint density at radius 1 is 0.828 bits per heavy atom. The molecule has 0 aliphatic carbocycles. The highest BCUT2D eigenvalue weighted by atomic mass is 35.5. The van der Waals surface area contributed by atoms with Gasteiger partial charge in [0, 0.05) is 59.8 Å². The summed E-state index contributed by atoms with van der Waals surface area (Å²) in [6.07, 6.45) is 1.87. The molecular weight excluding hydrogens is 382 g/mol. The van der Waals surface area contributed by atoms with E-state index < -0.39 is 0 Å². The fourth-order valence-corrected chi connectivity index (χ4v) is 4.23. The van der Waals surface area contributed by atoms with Crippen molar-refractivity contribution in [2.24, 2.45) is 0 Å². The molecule has 1 fully saturated rings. The number of nitrogens with zero attached hydrogens (tertiary/aromatic N) is 5. The van der Waals surface area contributed by atoms with E-state index in [1.54, 1.807) is 0 Å². The van der Waals surface area contributed by atoms with Crippen LogP contribution in [0.3, 0.4) is 0 Å². The monoisotopic (exact) mass is 403 g/mol. The van der Waals surface area contributed by atoms with Gasteiger partial charge >= 0.3 is 0 Å². The number of para-hydroxylation sites is 1. The zero-order valence-electron chi connectivity index (χ0n) is 16.3. The lowest BCUT2D eigenvalue weighted by molar-refractivity contribution is 0.638. The second-order valence-electron chi connectivity index (χ2n) is 7.34. The fraction of sp³-hybridized carbons (Fsp3) is 0.217. The van der Waals surface area contributed by atoms with Crippen LogP contribution in [-0.2, 0) is 0 Å². The molecule has 6 heteroatoms. The molecule has 1 aliphatic rings. The van der Waals surface area contributed by atoms with Crippen LogP contribution in [0.5, 0.6) is 0 Å². The van der Waals surface area contributed by atoms with E-state index in [4.69, 9.17) is 16.6 Å². The Kier molecular flexibility index (Phi) is 4.60. The normalized spacial score (nSPS) is 14.6. The van der Waals surface area contributed by atoms with E-state index >= 15 is 0 Å². The number of piperazine rings is 1. The highest BCUT2D eigenvalue weighted by Gasteiger charge is 2.22. The Morgan fingerprint density at radius 2 is 1.52 bits per heavy atom. The maximum absolute atomic E-state index is 6.44. The summed E-state index contributed by atoms with van der Waals surface area (Å²) in [5.41, 5.74) is 5.03. The molecule has 146 valence electrons. The van der Waals surface area contributed by atoms with Gasteiger partial charge in [0.15, 0.2) is 5.65 Å². The quantitative estimate of drug-likeness (QED) is 0.497. The van der Waals surface area contributed by atoms with Crippen LogP contribution in [0.25, 0.3) is 16.8 Å². The predicted molar refractivity (Wildman–Crippen MR) is 119 cm³/mol. The number of fused-ring (bicyclic) bond motifs is 1. The zero-order valence-corrected chi connectivity index (χ0v) is 17.0. The number of hydrogen-bond donors (Lipinski definition) is 0.